The van der Waals surface area contributed by atoms with Crippen LogP contribution in [0, 0.1) is 5.92 Å². The molecule has 0 amide bonds. The summed E-state index contributed by atoms with van der Waals surface area (Å²) in [6.45, 7) is 0.174. The van der Waals surface area contributed by atoms with Crippen LogP contribution in [-0.4, -0.2) is 46.4 Å². The average molecular weight is 477 g/mol. The molecule has 0 fully saturated rings. The maximum Gasteiger partial charge on any atom is 0.265 e. The van der Waals surface area contributed by atoms with Gasteiger partial charge in [0.15, 0.2) is 17.1 Å². The van der Waals surface area contributed by atoms with Gasteiger partial charge in [0.2, 0.25) is 5.78 Å². The van der Waals surface area contributed by atoms with Gasteiger partial charge in [0, 0.05) is 10.8 Å². The molecular formula is C26H24N2O5S. The molecule has 174 valence electrons. The van der Waals surface area contributed by atoms with E-state index in [-0.39, 0.29) is 18.1 Å². The van der Waals surface area contributed by atoms with Crippen molar-refractivity contribution in [3.05, 3.63) is 88.5 Å². The molecular weight excluding hydrogens is 452 g/mol. The fourth-order valence-corrected chi connectivity index (χ4v) is 5.71. The van der Waals surface area contributed by atoms with Crippen LogP contribution >= 0.6 is 11.8 Å². The van der Waals surface area contributed by atoms with Gasteiger partial charge in [-0.2, -0.15) is 0 Å². The quantitative estimate of drug-likeness (QED) is 0.533. The number of carbonyl (C=O) groups is 2. The normalized spacial score (nSPS) is 23.9. The Kier molecular flexibility index (Phi) is 5.89. The molecule has 7 nitrogen and oxygen atoms in total. The summed E-state index contributed by atoms with van der Waals surface area (Å²) in [5.74, 6) is -1.77. The first-order valence-electron chi connectivity index (χ1n) is 11.0. The van der Waals surface area contributed by atoms with Crippen LogP contribution in [0.4, 0.5) is 0 Å². The number of Topliss-reactive ketones (excluding diaryl/α,β-unsaturated/α-hetero) is 1. The van der Waals surface area contributed by atoms with Crippen molar-refractivity contribution in [3.63, 3.8) is 0 Å². The summed E-state index contributed by atoms with van der Waals surface area (Å²) in [4.78, 5) is 30.5. The summed E-state index contributed by atoms with van der Waals surface area (Å²) in [5, 5.41) is 15.6. The van der Waals surface area contributed by atoms with Crippen molar-refractivity contribution >= 4 is 23.3 Å². The third-order valence-electron chi connectivity index (χ3n) is 6.30. The van der Waals surface area contributed by atoms with Gasteiger partial charge < -0.3 is 14.4 Å². The topological polar surface area (TPSA) is 92.9 Å². The Morgan fingerprint density at radius 2 is 1.79 bits per heavy atom. The van der Waals surface area contributed by atoms with Crippen LogP contribution in [0.3, 0.4) is 0 Å². The van der Waals surface area contributed by atoms with E-state index in [2.05, 4.69) is 5.16 Å². The first-order chi connectivity index (χ1) is 16.4. The largest absolute Gasteiger partial charge is 0.470 e. The molecule has 0 aliphatic heterocycles. The summed E-state index contributed by atoms with van der Waals surface area (Å²) in [5.41, 5.74) is -1.28. The van der Waals surface area contributed by atoms with Crippen molar-refractivity contribution in [3.8, 4) is 5.88 Å². The summed E-state index contributed by atoms with van der Waals surface area (Å²) in [6.07, 6.45) is 1.73. The zero-order valence-corrected chi connectivity index (χ0v) is 19.6. The van der Waals surface area contributed by atoms with Crippen LogP contribution < -0.4 is 4.74 Å². The van der Waals surface area contributed by atoms with Gasteiger partial charge in [-0.1, -0.05) is 60.3 Å². The lowest BCUT2D eigenvalue weighted by Gasteiger charge is -2.45. The van der Waals surface area contributed by atoms with Gasteiger partial charge in [-0.15, -0.1) is 0 Å². The number of rotatable bonds is 6. The molecule has 1 heterocycles. The number of ketones is 2. The highest BCUT2D eigenvalue weighted by atomic mass is 32.2. The van der Waals surface area contributed by atoms with E-state index < -0.39 is 29.1 Å². The molecule has 34 heavy (non-hydrogen) atoms. The Bertz CT molecular complexity index is 1250. The fraction of sp³-hybridized carbons (Fsp3) is 0.269. The minimum Gasteiger partial charge on any atom is -0.470 e. The second-order valence-corrected chi connectivity index (χ2v) is 9.91. The van der Waals surface area contributed by atoms with Crippen LogP contribution in [-0.2, 0) is 11.4 Å². The van der Waals surface area contributed by atoms with E-state index in [1.807, 2.05) is 79.7 Å². The van der Waals surface area contributed by atoms with E-state index in [0.717, 1.165) is 15.4 Å². The van der Waals surface area contributed by atoms with E-state index in [9.17, 15) is 14.7 Å². The number of aromatic nitrogens is 1. The second-order valence-electron chi connectivity index (χ2n) is 8.71. The zero-order chi connectivity index (χ0) is 23.9. The highest BCUT2D eigenvalue weighted by Gasteiger charge is 2.61. The van der Waals surface area contributed by atoms with Crippen LogP contribution in [0.5, 0.6) is 5.88 Å². The number of thioether (sulfide) groups is 1. The monoisotopic (exact) mass is 476 g/mol. The third kappa shape index (κ3) is 3.77. The lowest BCUT2D eigenvalue weighted by molar-refractivity contribution is -0.137. The average Bonchev–Trinajstić information content (AvgIpc) is 3.25. The summed E-state index contributed by atoms with van der Waals surface area (Å²) < 4.78 is 11.4. The van der Waals surface area contributed by atoms with Gasteiger partial charge in [0.1, 0.15) is 12.2 Å². The Morgan fingerprint density at radius 3 is 2.47 bits per heavy atom. The first kappa shape index (κ1) is 22.6. The smallest absolute Gasteiger partial charge is 0.265 e. The van der Waals surface area contributed by atoms with Gasteiger partial charge in [0.25, 0.3) is 5.88 Å². The molecule has 2 aliphatic carbocycles. The Morgan fingerprint density at radius 1 is 1.12 bits per heavy atom. The third-order valence-corrected chi connectivity index (χ3v) is 7.36. The van der Waals surface area contributed by atoms with Crippen molar-refractivity contribution < 1.29 is 24.0 Å². The van der Waals surface area contributed by atoms with Crippen LogP contribution in [0.25, 0.3) is 0 Å². The number of nitrogens with zero attached hydrogens (tertiary/aromatic N) is 2. The number of ether oxygens (including phenoxy) is 1. The predicted octanol–water partition coefficient (Wildman–Crippen LogP) is 4.05. The number of aliphatic hydroxyl groups is 1. The standard InChI is InChI=1S/C26H24N2O5S/c1-28(2)22-19-13-18(34-17-11-7-4-8-12-17)14-20(29)26(19,31)24(30)21-23(22)33-27-25(21)32-15-16-9-5-3-6-10-16/h3-12,14,19,22,31H,13,15H2,1-2H3/t19-,22-,26-/m0/s1. The van der Waals surface area contributed by atoms with Gasteiger partial charge >= 0.3 is 0 Å². The first-order valence-corrected chi connectivity index (χ1v) is 11.8. The van der Waals surface area contributed by atoms with E-state index in [4.69, 9.17) is 9.26 Å². The highest BCUT2D eigenvalue weighted by Crippen LogP contribution is 2.52. The number of hydrogen-bond acceptors (Lipinski definition) is 8. The fourth-order valence-electron chi connectivity index (χ4n) is 4.68. The van der Waals surface area contributed by atoms with Crippen molar-refractivity contribution in [2.24, 2.45) is 5.92 Å². The molecule has 2 aliphatic rings. The Labute approximate surface area is 201 Å². The van der Waals surface area contributed by atoms with Gasteiger partial charge in [0.05, 0.1) is 6.04 Å². The van der Waals surface area contributed by atoms with Gasteiger partial charge in [-0.3, -0.25) is 14.5 Å². The molecule has 5 rings (SSSR count). The molecule has 0 radical (unpaired) electrons. The predicted molar refractivity (Wildman–Crippen MR) is 126 cm³/mol. The van der Waals surface area contributed by atoms with Crippen LogP contribution in [0.2, 0.25) is 0 Å². The molecule has 2 aromatic carbocycles. The van der Waals surface area contributed by atoms with Crippen molar-refractivity contribution in [2.75, 3.05) is 14.1 Å². The molecule has 8 heteroatoms. The van der Waals surface area contributed by atoms with Crippen LogP contribution in [0.15, 0.2) is 81.1 Å². The lowest BCUT2D eigenvalue weighted by Crippen LogP contribution is -2.60. The molecule has 1 N–H and O–H groups in total. The number of allylic oxidation sites excluding steroid dienone is 1. The summed E-state index contributed by atoms with van der Waals surface area (Å²) in [7, 11) is 3.65. The maximum absolute atomic E-state index is 13.6. The number of hydrogen-bond donors (Lipinski definition) is 1. The summed E-state index contributed by atoms with van der Waals surface area (Å²) >= 11 is 1.46. The molecule has 0 saturated carbocycles. The Balaban J connectivity index is 1.50. The number of carbonyl (C=O) groups excluding carboxylic acids is 2. The van der Waals surface area contributed by atoms with E-state index >= 15 is 0 Å². The maximum atomic E-state index is 13.6. The molecule has 0 bridgehead atoms. The van der Waals surface area contributed by atoms with E-state index in [1.54, 1.807) is 0 Å². The number of benzene rings is 2. The molecule has 3 atom stereocenters. The molecule has 3 aromatic rings. The van der Waals surface area contributed by atoms with E-state index in [0.29, 0.717) is 12.2 Å². The minimum atomic E-state index is -2.21. The van der Waals surface area contributed by atoms with Gasteiger partial charge in [-0.25, -0.2) is 0 Å². The van der Waals surface area contributed by atoms with Crippen molar-refractivity contribution in [1.82, 2.24) is 10.1 Å². The van der Waals surface area contributed by atoms with Crippen molar-refractivity contribution in [2.45, 2.75) is 29.6 Å². The molecule has 0 saturated heterocycles. The Hall–Kier alpha value is -3.20. The summed E-state index contributed by atoms with van der Waals surface area (Å²) in [6, 6.07) is 18.6. The van der Waals surface area contributed by atoms with E-state index in [1.165, 1.54) is 17.8 Å². The zero-order valence-electron chi connectivity index (χ0n) is 18.8. The minimum absolute atomic E-state index is 0.0104. The highest BCUT2D eigenvalue weighted by molar-refractivity contribution is 8.03. The molecule has 0 unspecified atom stereocenters. The van der Waals surface area contributed by atoms with Gasteiger partial charge in [-0.05, 0) is 54.4 Å². The molecule has 1 aromatic heterocycles. The van der Waals surface area contributed by atoms with Crippen LogP contribution in [0.1, 0.15) is 34.1 Å². The number of fused-ring (bicyclic) bond motifs is 2. The SMILES string of the molecule is CN(C)[C@@H]1c2onc(OCc3ccccc3)c2C(=O)[C@@]2(O)C(=O)C=C(Sc3ccccc3)C[C@@H]12. The lowest BCUT2D eigenvalue weighted by atomic mass is 9.65. The molecule has 0 spiro atoms. The van der Waals surface area contributed by atoms with Crippen molar-refractivity contribution in [1.29, 1.82) is 0 Å². The second kappa shape index (κ2) is 8.87.